The largest absolute Gasteiger partial charge is 0.494 e. The molecule has 0 unspecified atom stereocenters. The molecule has 0 fully saturated rings. The number of hydrogen-bond acceptors (Lipinski definition) is 3. The van der Waals surface area contributed by atoms with Crippen LogP contribution in [0.25, 0.3) is 0 Å². The second-order valence-corrected chi connectivity index (χ2v) is 2.30. The van der Waals surface area contributed by atoms with Gasteiger partial charge in [-0.25, -0.2) is 0 Å². The molecule has 0 saturated carbocycles. The van der Waals surface area contributed by atoms with Crippen molar-refractivity contribution < 1.29 is 9.90 Å². The summed E-state index contributed by atoms with van der Waals surface area (Å²) in [6, 6.07) is 2.43. The Labute approximate surface area is 68.0 Å². The first-order valence-corrected chi connectivity index (χ1v) is 3.29. The first kappa shape index (κ1) is 8.32. The summed E-state index contributed by atoms with van der Waals surface area (Å²) in [4.78, 5) is 23.4. The Kier molecular flexibility index (Phi) is 2.14. The highest BCUT2D eigenvalue weighted by Gasteiger charge is 1.98. The topological polar surface area (TPSA) is 82.2 Å². The van der Waals surface area contributed by atoms with Crippen molar-refractivity contribution in [3.05, 3.63) is 22.5 Å². The van der Waals surface area contributed by atoms with Gasteiger partial charge < -0.3 is 10.4 Å². The van der Waals surface area contributed by atoms with Crippen LogP contribution in [0.2, 0.25) is 0 Å². The fourth-order valence-corrected chi connectivity index (χ4v) is 0.804. The van der Waals surface area contributed by atoms with Crippen molar-refractivity contribution in [2.24, 2.45) is 0 Å². The number of aromatic nitrogens is 1. The molecule has 0 aliphatic rings. The molecule has 1 heterocycles. The zero-order valence-electron chi connectivity index (χ0n) is 6.42. The summed E-state index contributed by atoms with van der Waals surface area (Å²) in [5.74, 6) is -0.564. The van der Waals surface area contributed by atoms with Gasteiger partial charge in [0.2, 0.25) is 5.91 Å². The minimum atomic E-state index is -0.459. The van der Waals surface area contributed by atoms with E-state index in [1.54, 1.807) is 0 Å². The number of nitrogens with one attached hydrogen (secondary N) is 2. The average Bonchev–Trinajstić information content (AvgIpc) is 1.81. The van der Waals surface area contributed by atoms with E-state index in [1.165, 1.54) is 19.1 Å². The van der Waals surface area contributed by atoms with Gasteiger partial charge in [0, 0.05) is 19.1 Å². The number of carbonyl (C=O) groups excluding carboxylic acids is 1. The third-order valence-electron chi connectivity index (χ3n) is 1.15. The summed E-state index contributed by atoms with van der Waals surface area (Å²) in [7, 11) is 0. The Bertz CT molecular complexity index is 356. The zero-order valence-corrected chi connectivity index (χ0v) is 6.42. The van der Waals surface area contributed by atoms with Crippen LogP contribution in [-0.4, -0.2) is 16.0 Å². The normalized spacial score (nSPS) is 9.42. The summed E-state index contributed by atoms with van der Waals surface area (Å²) in [6.45, 7) is 1.32. The molecule has 1 aromatic heterocycles. The second kappa shape index (κ2) is 3.08. The van der Waals surface area contributed by atoms with Crippen LogP contribution in [0.1, 0.15) is 6.92 Å². The quantitative estimate of drug-likeness (QED) is 0.553. The van der Waals surface area contributed by atoms with Crippen molar-refractivity contribution in [2.45, 2.75) is 6.92 Å². The van der Waals surface area contributed by atoms with Gasteiger partial charge >= 0.3 is 0 Å². The summed E-state index contributed by atoms with van der Waals surface area (Å²) in [5, 5.41) is 11.3. The molecule has 1 amide bonds. The van der Waals surface area contributed by atoms with Crippen LogP contribution in [0.3, 0.4) is 0 Å². The minimum Gasteiger partial charge on any atom is -0.494 e. The van der Waals surface area contributed by atoms with Crippen LogP contribution < -0.4 is 10.9 Å². The lowest BCUT2D eigenvalue weighted by Gasteiger charge is -2.00. The van der Waals surface area contributed by atoms with E-state index in [1.807, 2.05) is 0 Å². The number of H-pyrrole nitrogens is 1. The standard InChI is InChI=1S/C7H8N2O3/c1-4(10)8-5-2-6(11)9-7(12)3-5/h2-3H,1H3,(H3,8,9,10,11,12). The molecule has 0 saturated heterocycles. The fourth-order valence-electron chi connectivity index (χ4n) is 0.804. The molecular weight excluding hydrogens is 160 g/mol. The van der Waals surface area contributed by atoms with E-state index in [2.05, 4.69) is 10.3 Å². The van der Waals surface area contributed by atoms with Gasteiger partial charge in [-0.05, 0) is 0 Å². The Morgan fingerprint density at radius 3 is 2.75 bits per heavy atom. The molecule has 5 nitrogen and oxygen atoms in total. The number of carbonyl (C=O) groups is 1. The molecule has 0 aliphatic heterocycles. The number of rotatable bonds is 1. The maximum atomic E-state index is 10.7. The summed E-state index contributed by atoms with van der Waals surface area (Å²) >= 11 is 0. The summed E-state index contributed by atoms with van der Waals surface area (Å²) in [6.07, 6.45) is 0. The summed E-state index contributed by atoms with van der Waals surface area (Å²) in [5.41, 5.74) is -0.178. The molecule has 0 radical (unpaired) electrons. The van der Waals surface area contributed by atoms with Crippen molar-refractivity contribution in [3.8, 4) is 5.88 Å². The lowest BCUT2D eigenvalue weighted by Crippen LogP contribution is -2.10. The molecule has 0 aliphatic carbocycles. The molecule has 1 aromatic rings. The monoisotopic (exact) mass is 168 g/mol. The van der Waals surface area contributed by atoms with E-state index >= 15 is 0 Å². The number of aromatic amines is 1. The Morgan fingerprint density at radius 1 is 1.58 bits per heavy atom. The molecule has 12 heavy (non-hydrogen) atoms. The number of amides is 1. The third-order valence-corrected chi connectivity index (χ3v) is 1.15. The van der Waals surface area contributed by atoms with E-state index in [0.717, 1.165) is 0 Å². The van der Waals surface area contributed by atoms with Gasteiger partial charge in [-0.15, -0.1) is 0 Å². The number of pyridine rings is 1. The number of aromatic hydroxyl groups is 1. The Balaban J connectivity index is 3.01. The van der Waals surface area contributed by atoms with Crippen molar-refractivity contribution in [1.29, 1.82) is 0 Å². The van der Waals surface area contributed by atoms with Gasteiger partial charge in [0.15, 0.2) is 5.88 Å². The van der Waals surface area contributed by atoms with E-state index in [0.29, 0.717) is 0 Å². The van der Waals surface area contributed by atoms with Gasteiger partial charge in [-0.3, -0.25) is 14.6 Å². The van der Waals surface area contributed by atoms with Crippen molar-refractivity contribution in [1.82, 2.24) is 4.98 Å². The van der Waals surface area contributed by atoms with E-state index in [4.69, 9.17) is 5.11 Å². The highest BCUT2D eigenvalue weighted by molar-refractivity contribution is 5.88. The van der Waals surface area contributed by atoms with Crippen LogP contribution in [0.4, 0.5) is 5.69 Å². The predicted molar refractivity (Wildman–Crippen MR) is 43.0 cm³/mol. The van der Waals surface area contributed by atoms with Crippen LogP contribution in [-0.2, 0) is 4.79 Å². The highest BCUT2D eigenvalue weighted by Crippen LogP contribution is 2.08. The fraction of sp³-hybridized carbons (Fsp3) is 0.143. The number of anilines is 1. The van der Waals surface area contributed by atoms with Crippen LogP contribution in [0.5, 0.6) is 5.88 Å². The first-order valence-electron chi connectivity index (χ1n) is 3.29. The van der Waals surface area contributed by atoms with Crippen molar-refractivity contribution >= 4 is 11.6 Å². The van der Waals surface area contributed by atoms with Gasteiger partial charge in [-0.1, -0.05) is 0 Å². The second-order valence-electron chi connectivity index (χ2n) is 2.30. The predicted octanol–water partition coefficient (Wildman–Crippen LogP) is 0.0389. The third kappa shape index (κ3) is 2.12. The molecular formula is C7H8N2O3. The Hall–Kier alpha value is -1.78. The van der Waals surface area contributed by atoms with Gasteiger partial charge in [-0.2, -0.15) is 0 Å². The highest BCUT2D eigenvalue weighted by atomic mass is 16.3. The molecule has 1 rings (SSSR count). The van der Waals surface area contributed by atoms with E-state index < -0.39 is 5.56 Å². The first-order chi connectivity index (χ1) is 5.58. The maximum absolute atomic E-state index is 10.7. The molecule has 5 heteroatoms. The minimum absolute atomic E-state index is 0.272. The van der Waals surface area contributed by atoms with Gasteiger partial charge in [0.25, 0.3) is 5.56 Å². The molecule has 0 spiro atoms. The van der Waals surface area contributed by atoms with Crippen LogP contribution >= 0.6 is 0 Å². The van der Waals surface area contributed by atoms with Crippen LogP contribution in [0, 0.1) is 0 Å². The maximum Gasteiger partial charge on any atom is 0.252 e. The molecule has 0 atom stereocenters. The smallest absolute Gasteiger partial charge is 0.252 e. The van der Waals surface area contributed by atoms with Gasteiger partial charge in [0.05, 0.1) is 5.69 Å². The zero-order chi connectivity index (χ0) is 9.14. The van der Waals surface area contributed by atoms with E-state index in [-0.39, 0.29) is 17.5 Å². The average molecular weight is 168 g/mol. The number of hydrogen-bond donors (Lipinski definition) is 3. The Morgan fingerprint density at radius 2 is 2.25 bits per heavy atom. The molecule has 64 valence electrons. The SMILES string of the molecule is CC(=O)Nc1cc(O)[nH]c(=O)c1. The van der Waals surface area contributed by atoms with Crippen molar-refractivity contribution in [3.63, 3.8) is 0 Å². The lowest BCUT2D eigenvalue weighted by molar-refractivity contribution is -0.114. The summed E-state index contributed by atoms with van der Waals surface area (Å²) < 4.78 is 0. The molecule has 0 aromatic carbocycles. The van der Waals surface area contributed by atoms with Crippen LogP contribution in [0.15, 0.2) is 16.9 Å². The van der Waals surface area contributed by atoms with Gasteiger partial charge in [0.1, 0.15) is 0 Å². The van der Waals surface area contributed by atoms with E-state index in [9.17, 15) is 9.59 Å². The molecule has 3 N–H and O–H groups in total. The lowest BCUT2D eigenvalue weighted by atomic mass is 10.4. The van der Waals surface area contributed by atoms with Crippen molar-refractivity contribution in [2.75, 3.05) is 5.32 Å². The molecule has 0 bridgehead atoms.